The monoisotopic (exact) mass is 199 g/mol. The standard InChI is InChI=1S/C11H25N3/c1-10(2)9-14-7-3-11(4-8-14)13-6-5-12/h10-11,13H,3-9,12H2,1-2H3. The third kappa shape index (κ3) is 4.40. The second-order valence-electron chi connectivity index (χ2n) is 4.71. The molecule has 0 atom stereocenters. The Bertz CT molecular complexity index is 139. The van der Waals surface area contributed by atoms with E-state index >= 15 is 0 Å². The first kappa shape index (κ1) is 12.0. The van der Waals surface area contributed by atoms with Crippen molar-refractivity contribution in [3.63, 3.8) is 0 Å². The molecular weight excluding hydrogens is 174 g/mol. The summed E-state index contributed by atoms with van der Waals surface area (Å²) in [6.45, 7) is 10.1. The fraction of sp³-hybridized carbons (Fsp3) is 1.00. The van der Waals surface area contributed by atoms with Gasteiger partial charge < -0.3 is 16.0 Å². The van der Waals surface area contributed by atoms with E-state index < -0.39 is 0 Å². The molecule has 84 valence electrons. The van der Waals surface area contributed by atoms with Gasteiger partial charge in [-0.3, -0.25) is 0 Å². The van der Waals surface area contributed by atoms with E-state index in [9.17, 15) is 0 Å². The summed E-state index contributed by atoms with van der Waals surface area (Å²) >= 11 is 0. The summed E-state index contributed by atoms with van der Waals surface area (Å²) in [5.41, 5.74) is 5.47. The second kappa shape index (κ2) is 6.38. The number of piperidine rings is 1. The molecule has 1 heterocycles. The van der Waals surface area contributed by atoms with Gasteiger partial charge in [-0.2, -0.15) is 0 Å². The Labute approximate surface area is 88.0 Å². The zero-order valence-electron chi connectivity index (χ0n) is 9.63. The quantitative estimate of drug-likeness (QED) is 0.683. The van der Waals surface area contributed by atoms with Crippen LogP contribution < -0.4 is 11.1 Å². The summed E-state index contributed by atoms with van der Waals surface area (Å²) in [5, 5.41) is 3.49. The van der Waals surface area contributed by atoms with Crippen LogP contribution in [0.4, 0.5) is 0 Å². The van der Waals surface area contributed by atoms with Crippen molar-refractivity contribution in [3.05, 3.63) is 0 Å². The Morgan fingerprint density at radius 3 is 2.50 bits per heavy atom. The lowest BCUT2D eigenvalue weighted by molar-refractivity contribution is 0.180. The van der Waals surface area contributed by atoms with Gasteiger partial charge >= 0.3 is 0 Å². The normalized spacial score (nSPS) is 20.6. The van der Waals surface area contributed by atoms with Crippen molar-refractivity contribution >= 4 is 0 Å². The van der Waals surface area contributed by atoms with E-state index in [1.807, 2.05) is 0 Å². The Morgan fingerprint density at radius 1 is 1.36 bits per heavy atom. The van der Waals surface area contributed by atoms with E-state index in [1.54, 1.807) is 0 Å². The fourth-order valence-electron chi connectivity index (χ4n) is 2.12. The zero-order valence-corrected chi connectivity index (χ0v) is 9.63. The highest BCUT2D eigenvalue weighted by Gasteiger charge is 2.18. The molecule has 0 saturated carbocycles. The van der Waals surface area contributed by atoms with Crippen LogP contribution in [0.2, 0.25) is 0 Å². The number of hydrogen-bond acceptors (Lipinski definition) is 3. The minimum absolute atomic E-state index is 0.710. The molecule has 0 unspecified atom stereocenters. The zero-order chi connectivity index (χ0) is 10.4. The molecule has 1 saturated heterocycles. The molecule has 0 spiro atoms. The van der Waals surface area contributed by atoms with Crippen molar-refractivity contribution in [2.24, 2.45) is 11.7 Å². The predicted molar refractivity (Wildman–Crippen MR) is 61.4 cm³/mol. The van der Waals surface area contributed by atoms with Gasteiger partial charge in [-0.1, -0.05) is 13.8 Å². The number of likely N-dealkylation sites (tertiary alicyclic amines) is 1. The molecular formula is C11H25N3. The minimum atomic E-state index is 0.710. The maximum absolute atomic E-state index is 5.47. The number of hydrogen-bond donors (Lipinski definition) is 2. The topological polar surface area (TPSA) is 41.3 Å². The molecule has 0 aliphatic carbocycles. The molecule has 1 aliphatic rings. The predicted octanol–water partition coefficient (Wildman–Crippen LogP) is 0.655. The average Bonchev–Trinajstić information content (AvgIpc) is 2.16. The molecule has 1 aliphatic heterocycles. The molecule has 3 N–H and O–H groups in total. The molecule has 0 radical (unpaired) electrons. The third-order valence-electron chi connectivity index (χ3n) is 2.79. The summed E-state index contributed by atoms with van der Waals surface area (Å²) in [4.78, 5) is 2.57. The lowest BCUT2D eigenvalue weighted by Gasteiger charge is -2.33. The third-order valence-corrected chi connectivity index (χ3v) is 2.79. The summed E-state index contributed by atoms with van der Waals surface area (Å²) in [6.07, 6.45) is 2.57. The van der Waals surface area contributed by atoms with Gasteiger partial charge in [0.25, 0.3) is 0 Å². The first-order valence-electron chi connectivity index (χ1n) is 5.88. The van der Waals surface area contributed by atoms with E-state index in [4.69, 9.17) is 5.73 Å². The summed E-state index contributed by atoms with van der Waals surface area (Å²) in [7, 11) is 0. The van der Waals surface area contributed by atoms with Crippen molar-refractivity contribution in [1.29, 1.82) is 0 Å². The fourth-order valence-corrected chi connectivity index (χ4v) is 2.12. The van der Waals surface area contributed by atoms with Crippen LogP contribution in [0.5, 0.6) is 0 Å². The van der Waals surface area contributed by atoms with E-state index in [0.717, 1.165) is 19.0 Å². The minimum Gasteiger partial charge on any atom is -0.329 e. The molecule has 3 nitrogen and oxygen atoms in total. The largest absolute Gasteiger partial charge is 0.329 e. The van der Waals surface area contributed by atoms with Crippen LogP contribution in [-0.2, 0) is 0 Å². The molecule has 1 rings (SSSR count). The lowest BCUT2D eigenvalue weighted by Crippen LogP contribution is -2.44. The smallest absolute Gasteiger partial charge is 0.00919 e. The average molecular weight is 199 g/mol. The number of nitrogens with one attached hydrogen (secondary N) is 1. The van der Waals surface area contributed by atoms with Crippen LogP contribution in [0.15, 0.2) is 0 Å². The summed E-state index contributed by atoms with van der Waals surface area (Å²) in [5.74, 6) is 0.795. The molecule has 0 aromatic carbocycles. The Hall–Kier alpha value is -0.120. The lowest BCUT2D eigenvalue weighted by atomic mass is 10.0. The van der Waals surface area contributed by atoms with Gasteiger partial charge in [0.05, 0.1) is 0 Å². The highest BCUT2D eigenvalue weighted by atomic mass is 15.1. The van der Waals surface area contributed by atoms with Crippen molar-refractivity contribution in [2.45, 2.75) is 32.7 Å². The molecule has 3 heteroatoms. The van der Waals surface area contributed by atoms with Crippen molar-refractivity contribution in [3.8, 4) is 0 Å². The van der Waals surface area contributed by atoms with Gasteiger partial charge in [0.2, 0.25) is 0 Å². The van der Waals surface area contributed by atoms with Gasteiger partial charge in [-0.25, -0.2) is 0 Å². The van der Waals surface area contributed by atoms with Crippen molar-refractivity contribution < 1.29 is 0 Å². The van der Waals surface area contributed by atoms with E-state index in [-0.39, 0.29) is 0 Å². The van der Waals surface area contributed by atoms with Crippen molar-refractivity contribution in [1.82, 2.24) is 10.2 Å². The number of rotatable bonds is 5. The molecule has 0 amide bonds. The first-order chi connectivity index (χ1) is 6.72. The van der Waals surface area contributed by atoms with Gasteiger partial charge in [0, 0.05) is 25.7 Å². The van der Waals surface area contributed by atoms with Crippen LogP contribution >= 0.6 is 0 Å². The molecule has 0 bridgehead atoms. The van der Waals surface area contributed by atoms with E-state index in [1.165, 1.54) is 32.5 Å². The van der Waals surface area contributed by atoms with Gasteiger partial charge in [0.15, 0.2) is 0 Å². The number of nitrogens with two attached hydrogens (primary N) is 1. The van der Waals surface area contributed by atoms with Gasteiger partial charge in [0.1, 0.15) is 0 Å². The SMILES string of the molecule is CC(C)CN1CCC(NCCN)CC1. The molecule has 14 heavy (non-hydrogen) atoms. The highest BCUT2D eigenvalue weighted by Crippen LogP contribution is 2.11. The first-order valence-corrected chi connectivity index (χ1v) is 5.88. The van der Waals surface area contributed by atoms with Crippen LogP contribution in [0.1, 0.15) is 26.7 Å². The number of nitrogens with zero attached hydrogens (tertiary/aromatic N) is 1. The van der Waals surface area contributed by atoms with Crippen LogP contribution in [0.25, 0.3) is 0 Å². The summed E-state index contributed by atoms with van der Waals surface area (Å²) in [6, 6.07) is 0.710. The molecule has 0 aromatic rings. The van der Waals surface area contributed by atoms with E-state index in [0.29, 0.717) is 6.04 Å². The van der Waals surface area contributed by atoms with Crippen LogP contribution in [0, 0.1) is 5.92 Å². The van der Waals surface area contributed by atoms with Crippen molar-refractivity contribution in [2.75, 3.05) is 32.7 Å². The van der Waals surface area contributed by atoms with E-state index in [2.05, 4.69) is 24.1 Å². The summed E-state index contributed by atoms with van der Waals surface area (Å²) < 4.78 is 0. The van der Waals surface area contributed by atoms with Crippen LogP contribution in [0.3, 0.4) is 0 Å². The highest BCUT2D eigenvalue weighted by molar-refractivity contribution is 4.77. The second-order valence-corrected chi connectivity index (χ2v) is 4.71. The maximum Gasteiger partial charge on any atom is 0.00919 e. The van der Waals surface area contributed by atoms with Gasteiger partial charge in [-0.05, 0) is 31.8 Å². The molecule has 1 fully saturated rings. The Kier molecular flexibility index (Phi) is 5.45. The van der Waals surface area contributed by atoms with Gasteiger partial charge in [-0.15, -0.1) is 0 Å². The maximum atomic E-state index is 5.47. The Balaban J connectivity index is 2.11. The molecule has 0 aromatic heterocycles. The van der Waals surface area contributed by atoms with Crippen LogP contribution in [-0.4, -0.2) is 43.7 Å². The Morgan fingerprint density at radius 2 is 2.00 bits per heavy atom.